The van der Waals surface area contributed by atoms with Crippen LogP contribution in [-0.4, -0.2) is 18.3 Å². The van der Waals surface area contributed by atoms with Crippen molar-refractivity contribution in [2.24, 2.45) is 0 Å². The summed E-state index contributed by atoms with van der Waals surface area (Å²) in [4.78, 5) is 13.7. The highest BCUT2D eigenvalue weighted by Crippen LogP contribution is 2.26. The van der Waals surface area contributed by atoms with E-state index < -0.39 is 14.9 Å². The highest BCUT2D eigenvalue weighted by Gasteiger charge is 2.19. The molecule has 0 radical (unpaired) electrons. The third-order valence-electron chi connectivity index (χ3n) is 2.69. The Kier molecular flexibility index (Phi) is 4.10. The summed E-state index contributed by atoms with van der Waals surface area (Å²) in [5.74, 6) is 0. The van der Waals surface area contributed by atoms with Crippen LogP contribution in [0.2, 0.25) is 5.02 Å². The lowest BCUT2D eigenvalue weighted by Gasteiger charge is -2.11. The number of aromatic nitrogens is 1. The quantitative estimate of drug-likeness (QED) is 0.687. The van der Waals surface area contributed by atoms with Crippen LogP contribution in [0.1, 0.15) is 5.56 Å². The predicted octanol–water partition coefficient (Wildman–Crippen LogP) is 2.75. The van der Waals surface area contributed by atoms with E-state index in [4.69, 9.17) is 11.6 Å². The van der Waals surface area contributed by atoms with Crippen LogP contribution in [0.15, 0.2) is 41.6 Å². The Labute approximate surface area is 125 Å². The minimum absolute atomic E-state index is 0.0389. The number of nitrogens with zero attached hydrogens (tertiary/aromatic N) is 2. The molecule has 110 valence electrons. The van der Waals surface area contributed by atoms with Crippen molar-refractivity contribution in [1.29, 1.82) is 0 Å². The van der Waals surface area contributed by atoms with Crippen molar-refractivity contribution < 1.29 is 13.3 Å². The maximum Gasteiger partial charge on any atom is 0.269 e. The third kappa shape index (κ3) is 3.29. The molecular formula is C12H10ClN3O4S. The fourth-order valence-electron chi connectivity index (χ4n) is 1.64. The standard InChI is InChI=1S/C12H10ClN3O4S/c1-8-6-9(16(17)18)2-3-11(8)15-21(19,20)12-7-14-5-4-10(12)13/h2-7,15H,1H3. The van der Waals surface area contributed by atoms with Crippen molar-refractivity contribution in [3.05, 3.63) is 57.4 Å². The van der Waals surface area contributed by atoms with Gasteiger partial charge >= 0.3 is 0 Å². The zero-order chi connectivity index (χ0) is 15.6. The van der Waals surface area contributed by atoms with Crippen LogP contribution in [0, 0.1) is 17.0 Å². The number of rotatable bonds is 4. The van der Waals surface area contributed by atoms with Crippen molar-refractivity contribution in [2.45, 2.75) is 11.8 Å². The summed E-state index contributed by atoms with van der Waals surface area (Å²) in [7, 11) is -3.91. The van der Waals surface area contributed by atoms with Crippen LogP contribution < -0.4 is 4.72 Å². The number of halogens is 1. The number of hydrogen-bond donors (Lipinski definition) is 1. The number of nitro benzene ring substituents is 1. The van der Waals surface area contributed by atoms with Crippen molar-refractivity contribution in [3.8, 4) is 0 Å². The van der Waals surface area contributed by atoms with Gasteiger partial charge in [-0.2, -0.15) is 0 Å². The Bertz CT molecular complexity index is 808. The number of benzene rings is 1. The van der Waals surface area contributed by atoms with Gasteiger partial charge in [-0.1, -0.05) is 11.6 Å². The van der Waals surface area contributed by atoms with Crippen molar-refractivity contribution in [2.75, 3.05) is 4.72 Å². The van der Waals surface area contributed by atoms with Gasteiger partial charge in [0.2, 0.25) is 0 Å². The molecule has 0 unspecified atom stereocenters. The summed E-state index contributed by atoms with van der Waals surface area (Å²) < 4.78 is 26.8. The fraction of sp³-hybridized carbons (Fsp3) is 0.0833. The molecule has 0 amide bonds. The molecule has 9 heteroatoms. The summed E-state index contributed by atoms with van der Waals surface area (Å²) in [6.07, 6.45) is 2.50. The highest BCUT2D eigenvalue weighted by atomic mass is 35.5. The Morgan fingerprint density at radius 1 is 1.33 bits per heavy atom. The van der Waals surface area contributed by atoms with Gasteiger partial charge in [-0.05, 0) is 24.6 Å². The average molecular weight is 328 g/mol. The molecule has 2 rings (SSSR count). The number of nitrogens with one attached hydrogen (secondary N) is 1. The molecule has 0 saturated heterocycles. The summed E-state index contributed by atoms with van der Waals surface area (Å²) in [6, 6.07) is 5.19. The molecule has 0 saturated carbocycles. The maximum atomic E-state index is 12.2. The van der Waals surface area contributed by atoms with Crippen LogP contribution in [0.5, 0.6) is 0 Å². The first-order valence-corrected chi connectivity index (χ1v) is 7.55. The first-order chi connectivity index (χ1) is 9.81. The molecular weight excluding hydrogens is 318 g/mol. The van der Waals surface area contributed by atoms with E-state index in [1.165, 1.54) is 30.5 Å². The monoisotopic (exact) mass is 327 g/mol. The molecule has 0 spiro atoms. The molecule has 0 atom stereocenters. The molecule has 7 nitrogen and oxygen atoms in total. The van der Waals surface area contributed by atoms with Crippen LogP contribution in [-0.2, 0) is 10.0 Å². The lowest BCUT2D eigenvalue weighted by Crippen LogP contribution is -2.14. The van der Waals surface area contributed by atoms with Crippen LogP contribution >= 0.6 is 11.6 Å². The SMILES string of the molecule is Cc1cc([N+](=O)[O-])ccc1NS(=O)(=O)c1cnccc1Cl. The Morgan fingerprint density at radius 2 is 2.05 bits per heavy atom. The van der Waals surface area contributed by atoms with E-state index in [-0.39, 0.29) is 21.3 Å². The number of nitro groups is 1. The van der Waals surface area contributed by atoms with E-state index in [1.807, 2.05) is 0 Å². The largest absolute Gasteiger partial charge is 0.279 e. The minimum Gasteiger partial charge on any atom is -0.279 e. The number of aryl methyl sites for hydroxylation is 1. The van der Waals surface area contributed by atoms with E-state index in [0.717, 1.165) is 6.20 Å². The third-order valence-corrected chi connectivity index (χ3v) is 4.52. The van der Waals surface area contributed by atoms with E-state index in [1.54, 1.807) is 6.92 Å². The van der Waals surface area contributed by atoms with Crippen LogP contribution in [0.25, 0.3) is 0 Å². The second kappa shape index (κ2) is 5.66. The molecule has 0 fully saturated rings. The van der Waals surface area contributed by atoms with Gasteiger partial charge in [-0.25, -0.2) is 8.42 Å². The molecule has 0 aliphatic heterocycles. The predicted molar refractivity (Wildman–Crippen MR) is 77.9 cm³/mol. The van der Waals surface area contributed by atoms with Crippen molar-refractivity contribution in [3.63, 3.8) is 0 Å². The number of anilines is 1. The number of hydrogen-bond acceptors (Lipinski definition) is 5. The lowest BCUT2D eigenvalue weighted by atomic mass is 10.2. The van der Waals surface area contributed by atoms with Gasteiger partial charge in [0.1, 0.15) is 4.90 Å². The first-order valence-electron chi connectivity index (χ1n) is 5.68. The summed E-state index contributed by atoms with van der Waals surface area (Å²) in [6.45, 7) is 1.57. The van der Waals surface area contributed by atoms with Gasteiger partial charge in [0.15, 0.2) is 0 Å². The molecule has 0 aliphatic rings. The van der Waals surface area contributed by atoms with Crippen molar-refractivity contribution >= 4 is 33.0 Å². The van der Waals surface area contributed by atoms with Gasteiger partial charge in [0.25, 0.3) is 15.7 Å². The molecule has 1 heterocycles. The van der Waals surface area contributed by atoms with Crippen LogP contribution in [0.4, 0.5) is 11.4 Å². The van der Waals surface area contributed by atoms with Crippen molar-refractivity contribution in [1.82, 2.24) is 4.98 Å². The zero-order valence-corrected chi connectivity index (χ0v) is 12.4. The minimum atomic E-state index is -3.91. The van der Waals surface area contributed by atoms with E-state index >= 15 is 0 Å². The molecule has 1 aromatic heterocycles. The smallest absolute Gasteiger partial charge is 0.269 e. The zero-order valence-electron chi connectivity index (χ0n) is 10.8. The molecule has 21 heavy (non-hydrogen) atoms. The molecule has 2 aromatic rings. The Morgan fingerprint density at radius 3 is 2.62 bits per heavy atom. The molecule has 0 bridgehead atoms. The highest BCUT2D eigenvalue weighted by molar-refractivity contribution is 7.92. The topological polar surface area (TPSA) is 102 Å². The summed E-state index contributed by atoms with van der Waals surface area (Å²) >= 11 is 5.83. The number of non-ortho nitro benzene ring substituents is 1. The summed E-state index contributed by atoms with van der Waals surface area (Å²) in [5, 5.41) is 10.7. The fourth-order valence-corrected chi connectivity index (χ4v) is 3.20. The maximum absolute atomic E-state index is 12.2. The second-order valence-electron chi connectivity index (χ2n) is 4.17. The molecule has 1 aromatic carbocycles. The Hall–Kier alpha value is -2.19. The van der Waals surface area contributed by atoms with Gasteiger partial charge in [0, 0.05) is 24.5 Å². The van der Waals surface area contributed by atoms with E-state index in [2.05, 4.69) is 9.71 Å². The molecule has 1 N–H and O–H groups in total. The van der Waals surface area contributed by atoms with Gasteiger partial charge in [-0.15, -0.1) is 0 Å². The first kappa shape index (κ1) is 15.2. The number of pyridine rings is 1. The van der Waals surface area contributed by atoms with E-state index in [0.29, 0.717) is 5.56 Å². The van der Waals surface area contributed by atoms with E-state index in [9.17, 15) is 18.5 Å². The lowest BCUT2D eigenvalue weighted by molar-refractivity contribution is -0.384. The average Bonchev–Trinajstić information content (AvgIpc) is 2.41. The molecule has 0 aliphatic carbocycles. The second-order valence-corrected chi connectivity index (χ2v) is 6.23. The number of sulfonamides is 1. The van der Waals surface area contributed by atoms with Gasteiger partial charge in [-0.3, -0.25) is 19.8 Å². The summed E-state index contributed by atoms with van der Waals surface area (Å²) in [5.41, 5.74) is 0.545. The normalized spacial score (nSPS) is 11.1. The van der Waals surface area contributed by atoms with Crippen LogP contribution in [0.3, 0.4) is 0 Å². The van der Waals surface area contributed by atoms with Gasteiger partial charge < -0.3 is 0 Å². The van der Waals surface area contributed by atoms with Gasteiger partial charge in [0.05, 0.1) is 15.6 Å². The Balaban J connectivity index is 2.38.